The van der Waals surface area contributed by atoms with Crippen LogP contribution in [0.2, 0.25) is 0 Å². The summed E-state index contributed by atoms with van der Waals surface area (Å²) in [4.78, 5) is -0.995. The number of halogens is 4. The maximum absolute atomic E-state index is 14.4. The Morgan fingerprint density at radius 2 is 1.61 bits per heavy atom. The van der Waals surface area contributed by atoms with Gasteiger partial charge in [0.15, 0.2) is 0 Å². The van der Waals surface area contributed by atoms with Crippen molar-refractivity contribution in [3.8, 4) is 0 Å². The molecule has 1 atom stereocenters. The number of aryl methyl sites for hydroxylation is 1. The van der Waals surface area contributed by atoms with Gasteiger partial charge in [-0.3, -0.25) is 0 Å². The lowest BCUT2D eigenvalue weighted by molar-refractivity contribution is -0.127. The zero-order valence-electron chi connectivity index (χ0n) is 19.1. The average Bonchev–Trinajstić information content (AvgIpc) is 3.14. The van der Waals surface area contributed by atoms with Crippen molar-refractivity contribution in [3.63, 3.8) is 0 Å². The highest BCUT2D eigenvalue weighted by atomic mass is 32.2. The van der Waals surface area contributed by atoms with E-state index < -0.39 is 43.2 Å². The minimum Gasteiger partial charge on any atom is -0.218 e. The maximum atomic E-state index is 14.4. The zero-order chi connectivity index (χ0) is 26.3. The Kier molecular flexibility index (Phi) is 7.02. The van der Waals surface area contributed by atoms with Crippen LogP contribution in [0.3, 0.4) is 0 Å². The van der Waals surface area contributed by atoms with E-state index in [0.29, 0.717) is 18.4 Å². The first-order valence-electron chi connectivity index (χ1n) is 11.0. The lowest BCUT2D eigenvalue weighted by Gasteiger charge is -2.16. The lowest BCUT2D eigenvalue weighted by atomic mass is 9.98. The molecule has 0 fully saturated rings. The number of alkyl halides is 3. The van der Waals surface area contributed by atoms with Crippen LogP contribution in [0.25, 0.3) is 0 Å². The highest BCUT2D eigenvalue weighted by molar-refractivity contribution is 7.91. The first-order valence-corrected chi connectivity index (χ1v) is 14.4. The molecule has 1 unspecified atom stereocenters. The Hall–Kier alpha value is -2.76. The molecule has 1 N–H and O–H groups in total. The second-order valence-electron chi connectivity index (χ2n) is 8.86. The van der Waals surface area contributed by atoms with E-state index in [1.807, 2.05) is 6.07 Å². The van der Waals surface area contributed by atoms with Gasteiger partial charge in [0.25, 0.3) is 0 Å². The summed E-state index contributed by atoms with van der Waals surface area (Å²) in [6.45, 7) is 0. The molecule has 3 aromatic rings. The van der Waals surface area contributed by atoms with Crippen LogP contribution in [-0.2, 0) is 39.1 Å². The van der Waals surface area contributed by atoms with E-state index >= 15 is 0 Å². The maximum Gasteiger partial charge on any atom is 0.393 e. The van der Waals surface area contributed by atoms with E-state index in [0.717, 1.165) is 35.6 Å². The number of fused-ring (bicyclic) bond motifs is 1. The molecule has 0 aromatic heterocycles. The highest BCUT2D eigenvalue weighted by Crippen LogP contribution is 2.34. The van der Waals surface area contributed by atoms with E-state index in [1.54, 1.807) is 12.1 Å². The quantitative estimate of drug-likeness (QED) is 0.432. The Morgan fingerprint density at radius 1 is 0.917 bits per heavy atom. The summed E-state index contributed by atoms with van der Waals surface area (Å²) in [6, 6.07) is 13.2. The molecule has 0 aliphatic heterocycles. The molecule has 5 nitrogen and oxygen atoms in total. The smallest absolute Gasteiger partial charge is 0.218 e. The molecule has 0 bridgehead atoms. The number of sulfone groups is 1. The second-order valence-corrected chi connectivity index (χ2v) is 12.5. The van der Waals surface area contributed by atoms with Gasteiger partial charge in [0.05, 0.1) is 17.6 Å². The SMILES string of the molecule is CS(=O)(=O)NC1CCc2cc(Cc3ccc(CC(F)(F)F)cc3S(=O)(=O)c3ccccc3F)ccc21. The molecule has 0 spiro atoms. The van der Waals surface area contributed by atoms with Crippen LogP contribution in [0.1, 0.15) is 40.3 Å². The molecular weight excluding hydrogens is 518 g/mol. The van der Waals surface area contributed by atoms with Crippen LogP contribution in [0.5, 0.6) is 0 Å². The van der Waals surface area contributed by atoms with Gasteiger partial charge in [0.1, 0.15) is 10.7 Å². The van der Waals surface area contributed by atoms with Gasteiger partial charge < -0.3 is 0 Å². The largest absolute Gasteiger partial charge is 0.393 e. The summed E-state index contributed by atoms with van der Waals surface area (Å²) in [5.41, 5.74) is 2.41. The number of rotatable bonds is 7. The molecular formula is C25H23F4NO4S2. The van der Waals surface area contributed by atoms with Crippen molar-refractivity contribution in [2.75, 3.05) is 6.26 Å². The van der Waals surface area contributed by atoms with E-state index in [1.165, 1.54) is 24.3 Å². The molecule has 3 aromatic carbocycles. The predicted octanol–water partition coefficient (Wildman–Crippen LogP) is 4.89. The predicted molar refractivity (Wildman–Crippen MR) is 126 cm³/mol. The molecule has 11 heteroatoms. The fourth-order valence-corrected chi connectivity index (χ4v) is 6.87. The summed E-state index contributed by atoms with van der Waals surface area (Å²) in [5.74, 6) is -0.994. The van der Waals surface area contributed by atoms with Crippen LogP contribution in [0, 0.1) is 5.82 Å². The first kappa shape index (κ1) is 26.3. The van der Waals surface area contributed by atoms with Gasteiger partial charge >= 0.3 is 6.18 Å². The number of nitrogens with one attached hydrogen (secondary N) is 1. The Morgan fingerprint density at radius 3 is 2.28 bits per heavy atom. The Bertz CT molecular complexity index is 1520. The summed E-state index contributed by atoms with van der Waals surface area (Å²) < 4.78 is 106. The number of hydrogen-bond acceptors (Lipinski definition) is 4. The van der Waals surface area contributed by atoms with Crippen LogP contribution in [-0.4, -0.2) is 29.3 Å². The summed E-state index contributed by atoms with van der Waals surface area (Å²) >= 11 is 0. The average molecular weight is 542 g/mol. The van der Waals surface area contributed by atoms with Crippen molar-refractivity contribution in [2.45, 2.75) is 47.7 Å². The van der Waals surface area contributed by atoms with E-state index in [4.69, 9.17) is 0 Å². The van der Waals surface area contributed by atoms with Crippen LogP contribution < -0.4 is 4.72 Å². The molecule has 192 valence electrons. The van der Waals surface area contributed by atoms with Crippen LogP contribution in [0.4, 0.5) is 17.6 Å². The van der Waals surface area contributed by atoms with Crippen molar-refractivity contribution < 1.29 is 34.4 Å². The molecule has 0 saturated heterocycles. The van der Waals surface area contributed by atoms with Gasteiger partial charge in [-0.25, -0.2) is 25.9 Å². The first-order chi connectivity index (χ1) is 16.7. The van der Waals surface area contributed by atoms with Crippen molar-refractivity contribution in [1.29, 1.82) is 0 Å². The Balaban J connectivity index is 1.74. The minimum atomic E-state index is -4.54. The summed E-state index contributed by atoms with van der Waals surface area (Å²) in [7, 11) is -7.86. The van der Waals surface area contributed by atoms with Crippen molar-refractivity contribution in [1.82, 2.24) is 4.72 Å². The molecule has 0 amide bonds. The third-order valence-corrected chi connectivity index (χ3v) is 8.57. The van der Waals surface area contributed by atoms with Crippen molar-refractivity contribution in [3.05, 3.63) is 94.3 Å². The van der Waals surface area contributed by atoms with Gasteiger partial charge in [-0.2, -0.15) is 13.2 Å². The highest BCUT2D eigenvalue weighted by Gasteiger charge is 2.31. The molecule has 1 aliphatic carbocycles. The number of benzene rings is 3. The molecule has 4 rings (SSSR count). The van der Waals surface area contributed by atoms with Gasteiger partial charge in [-0.15, -0.1) is 0 Å². The summed E-state index contributed by atoms with van der Waals surface area (Å²) in [5, 5.41) is 0. The van der Waals surface area contributed by atoms with E-state index in [9.17, 15) is 34.4 Å². The fraction of sp³-hybridized carbons (Fsp3) is 0.280. The normalized spacial score (nSPS) is 16.2. The minimum absolute atomic E-state index is 0.0762. The monoisotopic (exact) mass is 541 g/mol. The van der Waals surface area contributed by atoms with Crippen molar-refractivity contribution in [2.24, 2.45) is 0 Å². The van der Waals surface area contributed by atoms with Gasteiger partial charge in [-0.1, -0.05) is 42.5 Å². The molecule has 36 heavy (non-hydrogen) atoms. The molecule has 1 aliphatic rings. The standard InChI is InChI=1S/C25H23F4NO4S2/c1-35(31,32)30-22-11-9-18-12-16(7-10-20(18)22)13-19-8-6-17(15-25(27,28)29)14-24(19)36(33,34)23-5-3-2-4-21(23)26/h2-8,10,12,14,22,30H,9,11,13,15H2,1H3. The van der Waals surface area contributed by atoms with E-state index in [-0.39, 0.29) is 28.5 Å². The van der Waals surface area contributed by atoms with Gasteiger partial charge in [0, 0.05) is 6.04 Å². The van der Waals surface area contributed by atoms with Crippen LogP contribution in [0.15, 0.2) is 70.5 Å². The second kappa shape index (κ2) is 9.60. The number of hydrogen-bond donors (Lipinski definition) is 1. The van der Waals surface area contributed by atoms with E-state index in [2.05, 4.69) is 4.72 Å². The van der Waals surface area contributed by atoms with Crippen LogP contribution >= 0.6 is 0 Å². The van der Waals surface area contributed by atoms with Gasteiger partial charge in [0.2, 0.25) is 19.9 Å². The topological polar surface area (TPSA) is 80.3 Å². The third-order valence-electron chi connectivity index (χ3n) is 5.99. The zero-order valence-corrected chi connectivity index (χ0v) is 20.8. The molecule has 0 radical (unpaired) electrons. The van der Waals surface area contributed by atoms with Crippen molar-refractivity contribution >= 4 is 19.9 Å². The Labute approximate surface area is 207 Å². The third kappa shape index (κ3) is 5.96. The van der Waals surface area contributed by atoms with Gasteiger partial charge in [-0.05, 0) is 65.3 Å². The molecule has 0 saturated carbocycles. The lowest BCUT2D eigenvalue weighted by Crippen LogP contribution is -2.25. The number of sulfonamides is 1. The molecule has 0 heterocycles. The fourth-order valence-electron chi connectivity index (χ4n) is 4.50. The summed E-state index contributed by atoms with van der Waals surface area (Å²) in [6.07, 6.45) is -3.52.